The van der Waals surface area contributed by atoms with Crippen molar-refractivity contribution in [3.05, 3.63) is 47.8 Å². The highest BCUT2D eigenvalue weighted by Gasteiger charge is 2.23. The molecule has 0 spiro atoms. The van der Waals surface area contributed by atoms with Crippen molar-refractivity contribution in [2.45, 2.75) is 24.8 Å². The summed E-state index contributed by atoms with van der Waals surface area (Å²) >= 11 is 0. The molecule has 0 radical (unpaired) electrons. The second-order valence-electron chi connectivity index (χ2n) is 5.81. The lowest BCUT2D eigenvalue weighted by Gasteiger charge is -2.16. The molecule has 0 heterocycles. The molecule has 1 amide bonds. The smallest absolute Gasteiger partial charge is 0.242 e. The van der Waals surface area contributed by atoms with E-state index in [0.717, 1.165) is 0 Å². The van der Waals surface area contributed by atoms with Gasteiger partial charge in [-0.1, -0.05) is 6.07 Å². The summed E-state index contributed by atoms with van der Waals surface area (Å²) in [6, 6.07) is 6.95. The van der Waals surface area contributed by atoms with E-state index in [9.17, 15) is 17.6 Å². The first-order chi connectivity index (χ1) is 12.7. The van der Waals surface area contributed by atoms with Gasteiger partial charge in [0, 0.05) is 11.8 Å². The van der Waals surface area contributed by atoms with E-state index >= 15 is 0 Å². The molecule has 0 aromatic heterocycles. The van der Waals surface area contributed by atoms with Crippen molar-refractivity contribution in [2.75, 3.05) is 19.5 Å². The van der Waals surface area contributed by atoms with Gasteiger partial charge in [-0.3, -0.25) is 4.79 Å². The van der Waals surface area contributed by atoms with Gasteiger partial charge in [-0.2, -0.15) is 4.72 Å². The minimum atomic E-state index is -3.99. The van der Waals surface area contributed by atoms with Crippen LogP contribution in [0.3, 0.4) is 0 Å². The maximum absolute atomic E-state index is 13.3. The Balaban J connectivity index is 2.17. The molecule has 2 aromatic carbocycles. The van der Waals surface area contributed by atoms with Crippen LogP contribution in [0.2, 0.25) is 0 Å². The first-order valence-corrected chi connectivity index (χ1v) is 9.47. The molecule has 0 bridgehead atoms. The molecule has 0 saturated carbocycles. The molecule has 0 fully saturated rings. The van der Waals surface area contributed by atoms with Crippen LogP contribution in [0.15, 0.2) is 41.3 Å². The molecular formula is C18H21FN2O5S. The van der Waals surface area contributed by atoms with Crippen LogP contribution in [0.4, 0.5) is 10.1 Å². The Morgan fingerprint density at radius 1 is 1.07 bits per heavy atom. The van der Waals surface area contributed by atoms with E-state index in [1.54, 1.807) is 6.92 Å². The molecule has 146 valence electrons. The summed E-state index contributed by atoms with van der Waals surface area (Å²) in [5.74, 6) is -0.501. The zero-order valence-corrected chi connectivity index (χ0v) is 16.2. The fourth-order valence-electron chi connectivity index (χ4n) is 2.31. The number of sulfonamides is 1. The van der Waals surface area contributed by atoms with Crippen LogP contribution < -0.4 is 19.5 Å². The number of carbonyl (C=O) groups is 1. The SMILES string of the molecule is COc1ccc(S(=O)(=O)NC(C)C(=O)Nc2cc(F)ccc2C)cc1OC. The maximum atomic E-state index is 13.3. The van der Waals surface area contributed by atoms with Crippen molar-refractivity contribution in [1.82, 2.24) is 4.72 Å². The van der Waals surface area contributed by atoms with Crippen LogP contribution >= 0.6 is 0 Å². The third-order valence-corrected chi connectivity index (χ3v) is 5.39. The molecule has 0 aliphatic carbocycles. The molecule has 27 heavy (non-hydrogen) atoms. The predicted molar refractivity (Wildman–Crippen MR) is 99.1 cm³/mol. The van der Waals surface area contributed by atoms with Gasteiger partial charge in [-0.15, -0.1) is 0 Å². The number of methoxy groups -OCH3 is 2. The fourth-order valence-corrected chi connectivity index (χ4v) is 3.53. The molecule has 0 aliphatic heterocycles. The number of halogens is 1. The van der Waals surface area contributed by atoms with Gasteiger partial charge >= 0.3 is 0 Å². The van der Waals surface area contributed by atoms with Crippen LogP contribution in [-0.4, -0.2) is 34.6 Å². The first-order valence-electron chi connectivity index (χ1n) is 7.99. The average Bonchev–Trinajstić information content (AvgIpc) is 2.63. The highest BCUT2D eigenvalue weighted by atomic mass is 32.2. The van der Waals surface area contributed by atoms with Crippen molar-refractivity contribution in [2.24, 2.45) is 0 Å². The summed E-state index contributed by atoms with van der Waals surface area (Å²) in [6.07, 6.45) is 0. The zero-order valence-electron chi connectivity index (χ0n) is 15.4. The Morgan fingerprint density at radius 2 is 1.74 bits per heavy atom. The minimum Gasteiger partial charge on any atom is -0.493 e. The number of benzene rings is 2. The topological polar surface area (TPSA) is 93.7 Å². The number of aryl methyl sites for hydroxylation is 1. The molecule has 0 saturated heterocycles. The normalized spacial score (nSPS) is 12.3. The Morgan fingerprint density at radius 3 is 2.37 bits per heavy atom. The van der Waals surface area contributed by atoms with Gasteiger partial charge in [0.15, 0.2) is 11.5 Å². The Labute approximate surface area is 157 Å². The summed E-state index contributed by atoms with van der Waals surface area (Å²) in [7, 11) is -1.17. The quantitative estimate of drug-likeness (QED) is 0.750. The largest absolute Gasteiger partial charge is 0.493 e. The third kappa shape index (κ3) is 4.95. The lowest BCUT2D eigenvalue weighted by atomic mass is 10.2. The van der Waals surface area contributed by atoms with Gasteiger partial charge in [0.25, 0.3) is 0 Å². The van der Waals surface area contributed by atoms with Crippen LogP contribution in [0, 0.1) is 12.7 Å². The number of ether oxygens (including phenoxy) is 2. The highest BCUT2D eigenvalue weighted by Crippen LogP contribution is 2.29. The van der Waals surface area contributed by atoms with Gasteiger partial charge in [0.1, 0.15) is 5.82 Å². The number of anilines is 1. The Bertz CT molecular complexity index is 947. The van der Waals surface area contributed by atoms with Gasteiger partial charge in [-0.05, 0) is 43.7 Å². The number of hydrogen-bond acceptors (Lipinski definition) is 5. The number of carbonyl (C=O) groups excluding carboxylic acids is 1. The van der Waals surface area contributed by atoms with Crippen molar-refractivity contribution in [3.8, 4) is 11.5 Å². The van der Waals surface area contributed by atoms with Gasteiger partial charge < -0.3 is 14.8 Å². The molecular weight excluding hydrogens is 375 g/mol. The lowest BCUT2D eigenvalue weighted by molar-refractivity contribution is -0.117. The second kappa shape index (κ2) is 8.36. The van der Waals surface area contributed by atoms with E-state index in [1.165, 1.54) is 57.5 Å². The number of hydrogen-bond donors (Lipinski definition) is 2. The van der Waals surface area contributed by atoms with Crippen molar-refractivity contribution < 1.29 is 27.1 Å². The minimum absolute atomic E-state index is 0.0817. The molecule has 9 heteroatoms. The fraction of sp³-hybridized carbons (Fsp3) is 0.278. The Hall–Kier alpha value is -2.65. The first kappa shape index (κ1) is 20.7. The van der Waals surface area contributed by atoms with E-state index < -0.39 is 27.8 Å². The molecule has 1 unspecified atom stereocenters. The standard InChI is InChI=1S/C18H21FN2O5S/c1-11-5-6-13(19)9-15(11)20-18(22)12(2)21-27(23,24)14-7-8-16(25-3)17(10-14)26-4/h5-10,12,21H,1-4H3,(H,20,22). The molecule has 7 nitrogen and oxygen atoms in total. The summed E-state index contributed by atoms with van der Waals surface area (Å²) in [6.45, 7) is 3.09. The van der Waals surface area contributed by atoms with Crippen molar-refractivity contribution in [1.29, 1.82) is 0 Å². The molecule has 1 atom stereocenters. The molecule has 2 N–H and O–H groups in total. The maximum Gasteiger partial charge on any atom is 0.242 e. The van der Waals surface area contributed by atoms with Gasteiger partial charge in [0.05, 0.1) is 25.2 Å². The van der Waals surface area contributed by atoms with Gasteiger partial charge in [-0.25, -0.2) is 12.8 Å². The third-order valence-electron chi connectivity index (χ3n) is 3.85. The van der Waals surface area contributed by atoms with Crippen LogP contribution in [-0.2, 0) is 14.8 Å². The van der Waals surface area contributed by atoms with E-state index in [-0.39, 0.29) is 16.3 Å². The van der Waals surface area contributed by atoms with Crippen molar-refractivity contribution >= 4 is 21.6 Å². The summed E-state index contributed by atoms with van der Waals surface area (Å²) in [5, 5.41) is 2.52. The summed E-state index contributed by atoms with van der Waals surface area (Å²) < 4.78 is 50.9. The van der Waals surface area contributed by atoms with Crippen molar-refractivity contribution in [3.63, 3.8) is 0 Å². The molecule has 0 aliphatic rings. The van der Waals surface area contributed by atoms with E-state index in [1.807, 2.05) is 0 Å². The predicted octanol–water partition coefficient (Wildman–Crippen LogP) is 2.46. The lowest BCUT2D eigenvalue weighted by Crippen LogP contribution is -2.41. The highest BCUT2D eigenvalue weighted by molar-refractivity contribution is 7.89. The van der Waals surface area contributed by atoms with Crippen LogP contribution in [0.1, 0.15) is 12.5 Å². The average molecular weight is 396 g/mol. The zero-order chi connectivity index (χ0) is 20.2. The summed E-state index contributed by atoms with van der Waals surface area (Å²) in [5.41, 5.74) is 0.928. The van der Waals surface area contributed by atoms with Gasteiger partial charge in [0.2, 0.25) is 15.9 Å². The molecule has 2 aromatic rings. The Kier molecular flexibility index (Phi) is 6.40. The summed E-state index contributed by atoms with van der Waals surface area (Å²) in [4.78, 5) is 12.2. The van der Waals surface area contributed by atoms with Crippen LogP contribution in [0.25, 0.3) is 0 Å². The molecule has 2 rings (SSSR count). The monoisotopic (exact) mass is 396 g/mol. The van der Waals surface area contributed by atoms with Crippen LogP contribution in [0.5, 0.6) is 11.5 Å². The number of amides is 1. The van der Waals surface area contributed by atoms with E-state index in [4.69, 9.17) is 9.47 Å². The number of rotatable bonds is 7. The van der Waals surface area contributed by atoms with E-state index in [2.05, 4.69) is 10.0 Å². The second-order valence-corrected chi connectivity index (χ2v) is 7.52. The van der Waals surface area contributed by atoms with E-state index in [0.29, 0.717) is 11.3 Å². The number of nitrogens with one attached hydrogen (secondary N) is 2.